The highest BCUT2D eigenvalue weighted by Crippen LogP contribution is 2.49. The van der Waals surface area contributed by atoms with Gasteiger partial charge in [-0.25, -0.2) is 0 Å². The van der Waals surface area contributed by atoms with Gasteiger partial charge in [0.2, 0.25) is 0 Å². The van der Waals surface area contributed by atoms with Gasteiger partial charge < -0.3 is 10.4 Å². The topological polar surface area (TPSA) is 76.4 Å². The van der Waals surface area contributed by atoms with Crippen molar-refractivity contribution in [3.8, 4) is 11.1 Å². The first-order valence-corrected chi connectivity index (χ1v) is 10.1. The molecule has 0 spiro atoms. The first-order chi connectivity index (χ1) is 13.5. The maximum Gasteiger partial charge on any atom is 0.260 e. The number of nitrogens with one attached hydrogen (secondary N) is 2. The van der Waals surface area contributed by atoms with Crippen LogP contribution in [0.1, 0.15) is 31.7 Å². The van der Waals surface area contributed by atoms with Crippen LogP contribution in [0.25, 0.3) is 11.1 Å². The number of aliphatic hydroxyl groups is 1. The Morgan fingerprint density at radius 3 is 2.54 bits per heavy atom. The van der Waals surface area contributed by atoms with Crippen LogP contribution < -0.4 is 5.32 Å². The molecule has 3 N–H and O–H groups in total. The molecule has 1 saturated carbocycles. The molecule has 2 aliphatic rings. The molecule has 5 nitrogen and oxygen atoms in total. The van der Waals surface area contributed by atoms with Crippen molar-refractivity contribution in [1.82, 2.24) is 10.2 Å². The quantitative estimate of drug-likeness (QED) is 0.694. The summed E-state index contributed by atoms with van der Waals surface area (Å²) in [6.45, 7) is 1.76. The SMILES string of the molecule is CCC(CO)N1C(=N)NC(c2cccc(-c3cccc(Cl)c3)c2)(C2CC2)C1=O. The Balaban J connectivity index is 1.79. The van der Waals surface area contributed by atoms with Crippen LogP contribution >= 0.6 is 11.6 Å². The van der Waals surface area contributed by atoms with Crippen molar-refractivity contribution in [1.29, 1.82) is 5.41 Å². The number of hydrogen-bond donors (Lipinski definition) is 3. The lowest BCUT2D eigenvalue weighted by Crippen LogP contribution is -2.47. The lowest BCUT2D eigenvalue weighted by Gasteiger charge is -2.29. The van der Waals surface area contributed by atoms with Crippen LogP contribution in [0.2, 0.25) is 5.02 Å². The molecule has 2 aromatic rings. The Morgan fingerprint density at radius 2 is 1.93 bits per heavy atom. The largest absolute Gasteiger partial charge is 0.394 e. The number of nitrogens with zero attached hydrogens (tertiary/aromatic N) is 1. The van der Waals surface area contributed by atoms with E-state index < -0.39 is 5.54 Å². The molecule has 0 aromatic heterocycles. The zero-order valence-electron chi connectivity index (χ0n) is 15.8. The molecular weight excluding hydrogens is 374 g/mol. The van der Waals surface area contributed by atoms with Crippen molar-refractivity contribution in [2.45, 2.75) is 37.8 Å². The summed E-state index contributed by atoms with van der Waals surface area (Å²) in [6, 6.07) is 15.2. The fourth-order valence-electron chi connectivity index (χ4n) is 4.17. The van der Waals surface area contributed by atoms with E-state index in [1.54, 1.807) is 0 Å². The van der Waals surface area contributed by atoms with E-state index in [9.17, 15) is 9.90 Å². The summed E-state index contributed by atoms with van der Waals surface area (Å²) in [5.41, 5.74) is 1.89. The van der Waals surface area contributed by atoms with E-state index in [1.165, 1.54) is 4.90 Å². The molecule has 28 heavy (non-hydrogen) atoms. The van der Waals surface area contributed by atoms with Crippen molar-refractivity contribution in [3.05, 3.63) is 59.1 Å². The number of guanidine groups is 1. The van der Waals surface area contributed by atoms with Gasteiger partial charge in [0.1, 0.15) is 5.54 Å². The van der Waals surface area contributed by atoms with E-state index in [2.05, 4.69) is 5.32 Å². The number of aliphatic hydroxyl groups excluding tert-OH is 1. The highest BCUT2D eigenvalue weighted by molar-refractivity contribution is 6.30. The van der Waals surface area contributed by atoms with Gasteiger partial charge in [0.05, 0.1) is 12.6 Å². The first-order valence-electron chi connectivity index (χ1n) is 9.69. The summed E-state index contributed by atoms with van der Waals surface area (Å²) >= 11 is 6.15. The molecule has 1 heterocycles. The maximum atomic E-state index is 13.6. The van der Waals surface area contributed by atoms with E-state index in [-0.39, 0.29) is 30.4 Å². The van der Waals surface area contributed by atoms with Gasteiger partial charge in [-0.15, -0.1) is 0 Å². The van der Waals surface area contributed by atoms with Crippen molar-refractivity contribution >= 4 is 23.5 Å². The van der Waals surface area contributed by atoms with Crippen molar-refractivity contribution in [2.75, 3.05) is 6.61 Å². The molecule has 2 atom stereocenters. The standard InChI is InChI=1S/C22H24ClN3O2/c1-2-19(13-27)26-20(28)22(16-9-10-16,25-21(26)24)17-7-3-5-14(11-17)15-6-4-8-18(23)12-15/h3-8,11-12,16,19,27H,2,9-10,13H2,1H3,(H2,24,25). The minimum atomic E-state index is -0.936. The van der Waals surface area contributed by atoms with Crippen LogP contribution in [0.4, 0.5) is 0 Å². The molecule has 0 bridgehead atoms. The summed E-state index contributed by atoms with van der Waals surface area (Å²) in [5.74, 6) is 0.0891. The average Bonchev–Trinajstić information content (AvgIpc) is 3.51. The van der Waals surface area contributed by atoms with Crippen molar-refractivity contribution in [2.24, 2.45) is 5.92 Å². The van der Waals surface area contributed by atoms with Crippen LogP contribution in [0.3, 0.4) is 0 Å². The number of carbonyl (C=O) groups is 1. The molecule has 146 valence electrons. The van der Waals surface area contributed by atoms with E-state index in [4.69, 9.17) is 17.0 Å². The summed E-state index contributed by atoms with van der Waals surface area (Å²) in [4.78, 5) is 15.0. The van der Waals surface area contributed by atoms with Gasteiger partial charge in [-0.1, -0.05) is 48.9 Å². The predicted octanol–water partition coefficient (Wildman–Crippen LogP) is 3.75. The van der Waals surface area contributed by atoms with Crippen molar-refractivity contribution in [3.63, 3.8) is 0 Å². The fraction of sp³-hybridized carbons (Fsp3) is 0.364. The molecule has 1 saturated heterocycles. The van der Waals surface area contributed by atoms with Crippen LogP contribution in [-0.2, 0) is 10.3 Å². The van der Waals surface area contributed by atoms with E-state index in [0.29, 0.717) is 11.4 Å². The number of carbonyl (C=O) groups excluding carboxylic acids is 1. The molecule has 6 heteroatoms. The van der Waals surface area contributed by atoms with Gasteiger partial charge in [0.25, 0.3) is 5.91 Å². The number of benzene rings is 2. The normalized spacial score (nSPS) is 23.0. The van der Waals surface area contributed by atoms with Gasteiger partial charge in [-0.05, 0) is 60.1 Å². The van der Waals surface area contributed by atoms with Gasteiger partial charge in [0.15, 0.2) is 5.96 Å². The molecule has 2 aromatic carbocycles. The third kappa shape index (κ3) is 2.99. The minimum absolute atomic E-state index is 0.0750. The lowest BCUT2D eigenvalue weighted by atomic mass is 9.83. The van der Waals surface area contributed by atoms with Crippen LogP contribution in [-0.4, -0.2) is 34.5 Å². The van der Waals surface area contributed by atoms with Crippen LogP contribution in [0.5, 0.6) is 0 Å². The predicted molar refractivity (Wildman–Crippen MR) is 110 cm³/mol. The molecule has 2 unspecified atom stereocenters. The molecule has 1 aliphatic carbocycles. The highest BCUT2D eigenvalue weighted by atomic mass is 35.5. The van der Waals surface area contributed by atoms with E-state index in [1.807, 2.05) is 55.5 Å². The maximum absolute atomic E-state index is 13.6. The van der Waals surface area contributed by atoms with Gasteiger partial charge >= 0.3 is 0 Å². The molecular formula is C22H24ClN3O2. The molecule has 4 rings (SSSR count). The molecule has 0 radical (unpaired) electrons. The minimum Gasteiger partial charge on any atom is -0.394 e. The number of rotatable bonds is 6. The summed E-state index contributed by atoms with van der Waals surface area (Å²) in [5, 5.41) is 22.0. The third-order valence-electron chi connectivity index (χ3n) is 5.83. The second kappa shape index (κ2) is 7.22. The van der Waals surface area contributed by atoms with Crippen LogP contribution in [0, 0.1) is 11.3 Å². The first kappa shape index (κ1) is 19.0. The zero-order chi connectivity index (χ0) is 19.9. The molecule has 1 aliphatic heterocycles. The third-order valence-corrected chi connectivity index (χ3v) is 6.06. The fourth-order valence-corrected chi connectivity index (χ4v) is 4.36. The molecule has 2 fully saturated rings. The number of amides is 1. The Morgan fingerprint density at radius 1 is 1.25 bits per heavy atom. The average molecular weight is 398 g/mol. The number of hydrogen-bond acceptors (Lipinski definition) is 3. The van der Waals surface area contributed by atoms with Crippen LogP contribution in [0.15, 0.2) is 48.5 Å². The van der Waals surface area contributed by atoms with Crippen molar-refractivity contribution < 1.29 is 9.90 Å². The Bertz CT molecular complexity index is 924. The lowest BCUT2D eigenvalue weighted by molar-refractivity contribution is -0.134. The van der Waals surface area contributed by atoms with E-state index in [0.717, 1.165) is 29.5 Å². The van der Waals surface area contributed by atoms with Gasteiger partial charge in [-0.3, -0.25) is 15.1 Å². The monoisotopic (exact) mass is 397 g/mol. The summed E-state index contributed by atoms with van der Waals surface area (Å²) in [6.07, 6.45) is 2.48. The highest BCUT2D eigenvalue weighted by Gasteiger charge is 2.60. The summed E-state index contributed by atoms with van der Waals surface area (Å²) < 4.78 is 0. The van der Waals surface area contributed by atoms with Gasteiger partial charge in [-0.2, -0.15) is 0 Å². The second-order valence-corrected chi connectivity index (χ2v) is 8.00. The molecule has 1 amide bonds. The Labute approximate surface area is 169 Å². The summed E-state index contributed by atoms with van der Waals surface area (Å²) in [7, 11) is 0. The Kier molecular flexibility index (Phi) is 4.89. The number of halogens is 1. The van der Waals surface area contributed by atoms with Gasteiger partial charge in [0, 0.05) is 5.02 Å². The van der Waals surface area contributed by atoms with E-state index >= 15 is 0 Å². The Hall–Kier alpha value is -2.37. The zero-order valence-corrected chi connectivity index (χ0v) is 16.5. The smallest absolute Gasteiger partial charge is 0.260 e. The second-order valence-electron chi connectivity index (χ2n) is 7.57.